The van der Waals surface area contributed by atoms with Crippen LogP contribution in [0, 0.1) is 11.6 Å². The van der Waals surface area contributed by atoms with Gasteiger partial charge in [-0.25, -0.2) is 13.8 Å². The van der Waals surface area contributed by atoms with E-state index in [2.05, 4.69) is 15.5 Å². The van der Waals surface area contributed by atoms with E-state index < -0.39 is 23.6 Å². The SMILES string of the molecule is Cn1ccnc1Sc1ccccc1NC(=O)[C@@H]1CC(c2cc(F)ccc2F)=NO1. The van der Waals surface area contributed by atoms with Gasteiger partial charge in [-0.05, 0) is 42.1 Å². The van der Waals surface area contributed by atoms with Crippen LogP contribution in [0.5, 0.6) is 0 Å². The van der Waals surface area contributed by atoms with E-state index in [9.17, 15) is 13.6 Å². The van der Waals surface area contributed by atoms with Crippen LogP contribution in [0.3, 0.4) is 0 Å². The van der Waals surface area contributed by atoms with Gasteiger partial charge in [0.15, 0.2) is 5.16 Å². The van der Waals surface area contributed by atoms with Crippen molar-refractivity contribution in [2.24, 2.45) is 12.2 Å². The molecule has 0 saturated carbocycles. The molecule has 0 saturated heterocycles. The Labute approximate surface area is 169 Å². The number of hydrogen-bond donors (Lipinski definition) is 1. The summed E-state index contributed by atoms with van der Waals surface area (Å²) in [5.41, 5.74) is 0.781. The molecule has 2 heterocycles. The Balaban J connectivity index is 1.46. The highest BCUT2D eigenvalue weighted by molar-refractivity contribution is 7.99. The largest absolute Gasteiger partial charge is 0.382 e. The molecule has 1 aromatic heterocycles. The number of rotatable bonds is 5. The maximum Gasteiger partial charge on any atom is 0.268 e. The second-order valence-electron chi connectivity index (χ2n) is 6.37. The molecule has 1 amide bonds. The van der Waals surface area contributed by atoms with Crippen LogP contribution in [-0.4, -0.2) is 27.3 Å². The number of nitrogens with one attached hydrogen (secondary N) is 1. The van der Waals surface area contributed by atoms with Gasteiger partial charge < -0.3 is 14.7 Å². The van der Waals surface area contributed by atoms with Crippen LogP contribution in [0.15, 0.2) is 70.1 Å². The normalized spacial score (nSPS) is 15.7. The van der Waals surface area contributed by atoms with Crippen molar-refractivity contribution in [1.82, 2.24) is 9.55 Å². The standard InChI is InChI=1S/C20H16F2N4O2S/c1-26-9-8-23-20(26)29-18-5-3-2-4-15(18)24-19(27)17-11-16(25-28-17)13-10-12(21)6-7-14(13)22/h2-10,17H,11H2,1H3,(H,24,27)/t17-/m0/s1. The summed E-state index contributed by atoms with van der Waals surface area (Å²) in [6.45, 7) is 0. The number of para-hydroxylation sites is 1. The van der Waals surface area contributed by atoms with Crippen LogP contribution in [0.2, 0.25) is 0 Å². The molecule has 4 rings (SSSR count). The molecule has 0 fully saturated rings. The summed E-state index contributed by atoms with van der Waals surface area (Å²) in [6.07, 6.45) is 2.64. The van der Waals surface area contributed by atoms with Gasteiger partial charge in [-0.3, -0.25) is 4.79 Å². The van der Waals surface area contributed by atoms with E-state index in [0.717, 1.165) is 28.3 Å². The average Bonchev–Trinajstić information content (AvgIpc) is 3.35. The number of oxime groups is 1. The Bertz CT molecular complexity index is 1100. The van der Waals surface area contributed by atoms with Crippen molar-refractivity contribution in [2.75, 3.05) is 5.32 Å². The second kappa shape index (κ2) is 8.04. The molecule has 0 spiro atoms. The first-order valence-corrected chi connectivity index (χ1v) is 9.56. The fourth-order valence-corrected chi connectivity index (χ4v) is 3.71. The first kappa shape index (κ1) is 19.1. The van der Waals surface area contributed by atoms with Gasteiger partial charge in [0.25, 0.3) is 5.91 Å². The lowest BCUT2D eigenvalue weighted by Gasteiger charge is -2.13. The van der Waals surface area contributed by atoms with Gasteiger partial charge in [-0.2, -0.15) is 0 Å². The van der Waals surface area contributed by atoms with Crippen molar-refractivity contribution in [3.63, 3.8) is 0 Å². The zero-order chi connectivity index (χ0) is 20.4. The molecule has 1 atom stereocenters. The Morgan fingerprint density at radius 3 is 2.90 bits per heavy atom. The number of nitrogens with zero attached hydrogens (tertiary/aromatic N) is 3. The predicted molar refractivity (Wildman–Crippen MR) is 105 cm³/mol. The second-order valence-corrected chi connectivity index (χ2v) is 7.38. The number of hydrogen-bond acceptors (Lipinski definition) is 5. The number of benzene rings is 2. The molecule has 1 N–H and O–H groups in total. The molecule has 148 valence electrons. The summed E-state index contributed by atoms with van der Waals surface area (Å²) in [7, 11) is 1.88. The Morgan fingerprint density at radius 2 is 2.10 bits per heavy atom. The first-order valence-electron chi connectivity index (χ1n) is 8.74. The molecule has 0 radical (unpaired) electrons. The zero-order valence-corrected chi connectivity index (χ0v) is 16.1. The Kier molecular flexibility index (Phi) is 5.30. The van der Waals surface area contributed by atoms with E-state index in [4.69, 9.17) is 4.84 Å². The summed E-state index contributed by atoms with van der Waals surface area (Å²) >= 11 is 1.41. The van der Waals surface area contributed by atoms with Gasteiger partial charge in [0.2, 0.25) is 6.10 Å². The van der Waals surface area contributed by atoms with Gasteiger partial charge in [-0.15, -0.1) is 0 Å². The smallest absolute Gasteiger partial charge is 0.268 e. The van der Waals surface area contributed by atoms with E-state index in [1.807, 2.05) is 29.9 Å². The van der Waals surface area contributed by atoms with Gasteiger partial charge in [0.1, 0.15) is 11.6 Å². The topological polar surface area (TPSA) is 68.5 Å². The monoisotopic (exact) mass is 414 g/mol. The average molecular weight is 414 g/mol. The van der Waals surface area contributed by atoms with E-state index in [-0.39, 0.29) is 17.7 Å². The zero-order valence-electron chi connectivity index (χ0n) is 15.3. The third kappa shape index (κ3) is 4.14. The van der Waals surface area contributed by atoms with Crippen LogP contribution >= 0.6 is 11.8 Å². The number of imidazole rings is 1. The summed E-state index contributed by atoms with van der Waals surface area (Å²) < 4.78 is 29.2. The molecule has 2 aromatic carbocycles. The molecule has 3 aromatic rings. The van der Waals surface area contributed by atoms with Gasteiger partial charge in [-0.1, -0.05) is 17.3 Å². The summed E-state index contributed by atoms with van der Waals surface area (Å²) in [4.78, 5) is 22.9. The highest BCUT2D eigenvalue weighted by Gasteiger charge is 2.30. The minimum absolute atomic E-state index is 0.00830. The molecule has 6 nitrogen and oxygen atoms in total. The lowest BCUT2D eigenvalue weighted by atomic mass is 10.0. The molecule has 9 heteroatoms. The number of aromatic nitrogens is 2. The molecular weight excluding hydrogens is 398 g/mol. The molecule has 29 heavy (non-hydrogen) atoms. The summed E-state index contributed by atoms with van der Waals surface area (Å²) in [6, 6.07) is 10.4. The highest BCUT2D eigenvalue weighted by Crippen LogP contribution is 2.32. The highest BCUT2D eigenvalue weighted by atomic mass is 32.2. The van der Waals surface area contributed by atoms with Crippen molar-refractivity contribution in [3.8, 4) is 0 Å². The van der Waals surface area contributed by atoms with Gasteiger partial charge in [0.05, 0.1) is 11.4 Å². The van der Waals surface area contributed by atoms with E-state index in [1.165, 1.54) is 11.8 Å². The number of carbonyl (C=O) groups excluding carboxylic acids is 1. The van der Waals surface area contributed by atoms with E-state index >= 15 is 0 Å². The van der Waals surface area contributed by atoms with Crippen LogP contribution < -0.4 is 5.32 Å². The maximum atomic E-state index is 13.9. The predicted octanol–water partition coefficient (Wildman–Crippen LogP) is 3.98. The number of halogens is 2. The molecule has 0 unspecified atom stereocenters. The third-order valence-corrected chi connectivity index (χ3v) is 5.48. The minimum Gasteiger partial charge on any atom is -0.382 e. The van der Waals surface area contributed by atoms with Crippen LogP contribution in [0.1, 0.15) is 12.0 Å². The van der Waals surface area contributed by atoms with Crippen LogP contribution in [0.25, 0.3) is 0 Å². The molecule has 0 bridgehead atoms. The number of amides is 1. The van der Waals surface area contributed by atoms with Crippen molar-refractivity contribution in [1.29, 1.82) is 0 Å². The number of carbonyl (C=O) groups is 1. The fraction of sp³-hybridized carbons (Fsp3) is 0.150. The maximum absolute atomic E-state index is 13.9. The van der Waals surface area contributed by atoms with Crippen LogP contribution in [0.4, 0.5) is 14.5 Å². The van der Waals surface area contributed by atoms with Crippen molar-refractivity contribution < 1.29 is 18.4 Å². The first-order chi connectivity index (χ1) is 14.0. The molecule has 1 aliphatic heterocycles. The summed E-state index contributed by atoms with van der Waals surface area (Å²) in [5.74, 6) is -1.63. The Hall–Kier alpha value is -3.20. The quantitative estimate of drug-likeness (QED) is 0.686. The lowest BCUT2D eigenvalue weighted by molar-refractivity contribution is -0.125. The van der Waals surface area contributed by atoms with Crippen molar-refractivity contribution in [2.45, 2.75) is 22.6 Å². The number of aryl methyl sites for hydroxylation is 1. The molecule has 0 aliphatic carbocycles. The number of anilines is 1. The van der Waals surface area contributed by atoms with Crippen molar-refractivity contribution in [3.05, 3.63) is 72.1 Å². The van der Waals surface area contributed by atoms with Crippen LogP contribution in [-0.2, 0) is 16.7 Å². The molecular formula is C20H16F2N4O2S. The Morgan fingerprint density at radius 1 is 1.28 bits per heavy atom. The molecule has 1 aliphatic rings. The van der Waals surface area contributed by atoms with Crippen molar-refractivity contribution >= 4 is 29.1 Å². The van der Waals surface area contributed by atoms with E-state index in [0.29, 0.717) is 5.69 Å². The lowest BCUT2D eigenvalue weighted by Crippen LogP contribution is -2.28. The van der Waals surface area contributed by atoms with E-state index in [1.54, 1.807) is 18.3 Å². The minimum atomic E-state index is -0.932. The van der Waals surface area contributed by atoms with Gasteiger partial charge >= 0.3 is 0 Å². The fourth-order valence-electron chi connectivity index (χ4n) is 2.82. The third-order valence-electron chi connectivity index (χ3n) is 4.32. The summed E-state index contributed by atoms with van der Waals surface area (Å²) in [5, 5.41) is 7.37. The van der Waals surface area contributed by atoms with Gasteiger partial charge in [0, 0.05) is 36.3 Å².